The summed E-state index contributed by atoms with van der Waals surface area (Å²) >= 11 is 0. The molecule has 1 aromatic carbocycles. The summed E-state index contributed by atoms with van der Waals surface area (Å²) in [7, 11) is 0. The minimum atomic E-state index is -0.886. The highest BCUT2D eigenvalue weighted by Crippen LogP contribution is 2.14. The molecule has 0 amide bonds. The van der Waals surface area contributed by atoms with Crippen LogP contribution in [-0.2, 0) is 11.2 Å². The van der Waals surface area contributed by atoms with Crippen molar-refractivity contribution in [2.45, 2.75) is 44.8 Å². The maximum absolute atomic E-state index is 10.7. The van der Waals surface area contributed by atoms with Gasteiger partial charge >= 0.3 is 5.97 Å². The number of aliphatic carboxylic acids is 1. The van der Waals surface area contributed by atoms with Crippen molar-refractivity contribution >= 4 is 5.97 Å². The number of hydrogen-bond donors (Lipinski definition) is 3. The maximum Gasteiger partial charge on any atom is 0.307 e. The summed E-state index contributed by atoms with van der Waals surface area (Å²) in [6, 6.07) is 6.94. The van der Waals surface area contributed by atoms with Gasteiger partial charge in [0.05, 0.1) is 25.2 Å². The van der Waals surface area contributed by atoms with E-state index in [2.05, 4.69) is 0 Å². The van der Waals surface area contributed by atoms with Crippen molar-refractivity contribution in [1.82, 2.24) is 0 Å². The van der Waals surface area contributed by atoms with E-state index in [1.165, 1.54) is 0 Å². The number of aliphatic hydroxyl groups is 2. The molecule has 152 valence electrons. The molecule has 0 fully saturated rings. The number of hydrogen-bond acceptors (Lipinski definition) is 4. The Bertz CT molecular complexity index is 688. The van der Waals surface area contributed by atoms with Crippen LogP contribution in [0.3, 0.4) is 0 Å². The van der Waals surface area contributed by atoms with Crippen LogP contribution in [0, 0.1) is 0 Å². The van der Waals surface area contributed by atoms with E-state index in [9.17, 15) is 15.0 Å². The van der Waals surface area contributed by atoms with Crippen LogP contribution in [0.1, 0.15) is 31.7 Å². The van der Waals surface area contributed by atoms with Crippen molar-refractivity contribution in [1.29, 1.82) is 0 Å². The predicted molar refractivity (Wildman–Crippen MR) is 111 cm³/mol. The van der Waals surface area contributed by atoms with Crippen molar-refractivity contribution in [3.63, 3.8) is 0 Å². The average Bonchev–Trinajstić information content (AvgIpc) is 2.64. The molecule has 0 aliphatic heterocycles. The van der Waals surface area contributed by atoms with Crippen molar-refractivity contribution < 1.29 is 24.9 Å². The Morgan fingerprint density at radius 3 is 2.46 bits per heavy atom. The molecule has 0 spiro atoms. The van der Waals surface area contributed by atoms with Crippen molar-refractivity contribution in [3.8, 4) is 5.75 Å². The molecular formula is C23H30O5. The summed E-state index contributed by atoms with van der Waals surface area (Å²) in [5.41, 5.74) is 0.676. The fourth-order valence-electron chi connectivity index (χ4n) is 2.31. The van der Waals surface area contributed by atoms with Crippen LogP contribution in [0.25, 0.3) is 0 Å². The normalized spacial score (nSPS) is 14.4. The van der Waals surface area contributed by atoms with Gasteiger partial charge in [-0.2, -0.15) is 0 Å². The minimum Gasteiger partial charge on any atom is -0.493 e. The molecule has 1 aromatic rings. The van der Waals surface area contributed by atoms with E-state index in [0.717, 1.165) is 6.42 Å². The van der Waals surface area contributed by atoms with Gasteiger partial charge in [-0.25, -0.2) is 0 Å². The second-order valence-electron chi connectivity index (χ2n) is 6.26. The Morgan fingerprint density at radius 2 is 1.79 bits per heavy atom. The molecule has 0 saturated carbocycles. The van der Waals surface area contributed by atoms with Gasteiger partial charge in [-0.05, 0) is 30.5 Å². The van der Waals surface area contributed by atoms with E-state index in [-0.39, 0.29) is 6.42 Å². The summed E-state index contributed by atoms with van der Waals surface area (Å²) in [6.45, 7) is 2.37. The molecule has 0 radical (unpaired) electrons. The number of allylic oxidation sites excluding steroid dienone is 5. The van der Waals surface area contributed by atoms with Crippen LogP contribution >= 0.6 is 0 Å². The second kappa shape index (κ2) is 14.4. The van der Waals surface area contributed by atoms with Gasteiger partial charge in [0.25, 0.3) is 0 Å². The van der Waals surface area contributed by atoms with Crippen molar-refractivity contribution in [2.24, 2.45) is 0 Å². The fraction of sp³-hybridized carbons (Fsp3) is 0.348. The first-order valence-electron chi connectivity index (χ1n) is 9.47. The number of carboxylic acids is 1. The Morgan fingerprint density at radius 1 is 1.07 bits per heavy atom. The lowest BCUT2D eigenvalue weighted by atomic mass is 10.1. The first kappa shape index (κ1) is 23.4. The van der Waals surface area contributed by atoms with Gasteiger partial charge in [-0.3, -0.25) is 4.79 Å². The summed E-state index contributed by atoms with van der Waals surface area (Å²) in [5.74, 6) is -0.296. The zero-order valence-corrected chi connectivity index (χ0v) is 16.3. The molecule has 0 unspecified atom stereocenters. The van der Waals surface area contributed by atoms with E-state index >= 15 is 0 Å². The SMILES string of the molecule is CC/C=C\C[C@H](O)/C=C/C=C\C=C\[C@@H](O)CCOc1cccc(CC(=O)O)c1. The molecule has 0 aliphatic rings. The third kappa shape index (κ3) is 11.9. The highest BCUT2D eigenvalue weighted by atomic mass is 16.5. The van der Waals surface area contributed by atoms with Crippen LogP contribution in [0.4, 0.5) is 0 Å². The van der Waals surface area contributed by atoms with E-state index < -0.39 is 18.2 Å². The van der Waals surface area contributed by atoms with Gasteiger partial charge in [-0.15, -0.1) is 0 Å². The lowest BCUT2D eigenvalue weighted by molar-refractivity contribution is -0.136. The zero-order valence-electron chi connectivity index (χ0n) is 16.3. The topological polar surface area (TPSA) is 87.0 Å². The van der Waals surface area contributed by atoms with Gasteiger partial charge in [0, 0.05) is 6.42 Å². The molecule has 5 nitrogen and oxygen atoms in total. The van der Waals surface area contributed by atoms with Gasteiger partial charge in [0.15, 0.2) is 0 Å². The molecule has 0 bridgehead atoms. The first-order valence-corrected chi connectivity index (χ1v) is 9.47. The number of ether oxygens (including phenoxy) is 1. The second-order valence-corrected chi connectivity index (χ2v) is 6.26. The van der Waals surface area contributed by atoms with E-state index in [4.69, 9.17) is 9.84 Å². The Hall–Kier alpha value is -2.63. The largest absolute Gasteiger partial charge is 0.493 e. The van der Waals surface area contributed by atoms with E-state index in [1.807, 2.05) is 19.1 Å². The van der Waals surface area contributed by atoms with Crippen LogP contribution in [-0.4, -0.2) is 40.1 Å². The third-order valence-corrected chi connectivity index (χ3v) is 3.72. The minimum absolute atomic E-state index is 0.0458. The number of carboxylic acid groups (broad SMARTS) is 1. The van der Waals surface area contributed by atoms with E-state index in [0.29, 0.717) is 30.8 Å². The summed E-state index contributed by atoms with van der Waals surface area (Å²) in [6.07, 6.45) is 15.3. The lowest BCUT2D eigenvalue weighted by Crippen LogP contribution is -2.09. The third-order valence-electron chi connectivity index (χ3n) is 3.72. The van der Waals surface area contributed by atoms with Crippen LogP contribution in [0.5, 0.6) is 5.75 Å². The van der Waals surface area contributed by atoms with Crippen LogP contribution in [0.2, 0.25) is 0 Å². The van der Waals surface area contributed by atoms with Gasteiger partial charge in [0.1, 0.15) is 5.75 Å². The van der Waals surface area contributed by atoms with Crippen LogP contribution in [0.15, 0.2) is 72.9 Å². The zero-order chi connectivity index (χ0) is 20.6. The predicted octanol–water partition coefficient (Wildman–Crippen LogP) is 3.83. The van der Waals surface area contributed by atoms with Crippen molar-refractivity contribution in [3.05, 3.63) is 78.4 Å². The number of benzene rings is 1. The molecule has 0 heterocycles. The smallest absolute Gasteiger partial charge is 0.307 e. The van der Waals surface area contributed by atoms with Gasteiger partial charge in [0.2, 0.25) is 0 Å². The van der Waals surface area contributed by atoms with Gasteiger partial charge < -0.3 is 20.1 Å². The fourth-order valence-corrected chi connectivity index (χ4v) is 2.31. The first-order chi connectivity index (χ1) is 13.5. The molecular weight excluding hydrogens is 356 g/mol. The molecule has 2 atom stereocenters. The molecule has 28 heavy (non-hydrogen) atoms. The number of carbonyl (C=O) groups is 1. The Balaban J connectivity index is 2.28. The Labute approximate surface area is 167 Å². The monoisotopic (exact) mass is 386 g/mol. The van der Waals surface area contributed by atoms with Crippen LogP contribution < -0.4 is 4.74 Å². The lowest BCUT2D eigenvalue weighted by Gasteiger charge is -2.09. The molecule has 1 rings (SSSR count). The summed E-state index contributed by atoms with van der Waals surface area (Å²) in [4.78, 5) is 10.7. The van der Waals surface area contributed by atoms with Crippen molar-refractivity contribution in [2.75, 3.05) is 6.61 Å². The molecule has 0 aromatic heterocycles. The van der Waals surface area contributed by atoms with Gasteiger partial charge in [-0.1, -0.05) is 67.7 Å². The highest BCUT2D eigenvalue weighted by molar-refractivity contribution is 5.70. The standard InChI is InChI=1S/C23H30O5/c1-2-3-6-11-20(24)12-7-4-5-8-13-21(25)15-16-28-22-14-9-10-19(17-22)18-23(26)27/h3-10,12-14,17,20-21,24-25H,2,11,15-16,18H2,1H3,(H,26,27)/b5-4-,6-3-,12-7+,13-8+/t20-,21+/m0/s1. The maximum atomic E-state index is 10.7. The summed E-state index contributed by atoms with van der Waals surface area (Å²) in [5, 5.41) is 28.4. The quantitative estimate of drug-likeness (QED) is 0.354. The highest BCUT2D eigenvalue weighted by Gasteiger charge is 2.03. The summed E-state index contributed by atoms with van der Waals surface area (Å²) < 4.78 is 5.56. The molecule has 3 N–H and O–H groups in total. The number of rotatable bonds is 13. The number of aliphatic hydroxyl groups excluding tert-OH is 2. The average molecular weight is 386 g/mol. The molecule has 0 aliphatic carbocycles. The van der Waals surface area contributed by atoms with E-state index in [1.54, 1.807) is 60.7 Å². The Kier molecular flexibility index (Phi) is 12.1. The molecule has 0 saturated heterocycles. The molecule has 5 heteroatoms.